The highest BCUT2D eigenvalue weighted by atomic mass is 16.5. The predicted molar refractivity (Wildman–Crippen MR) is 161 cm³/mol. The quantitative estimate of drug-likeness (QED) is 0.239. The number of rotatable bonds is 4. The smallest absolute Gasteiger partial charge is 0.118 e. The summed E-state index contributed by atoms with van der Waals surface area (Å²) >= 11 is 0. The first kappa shape index (κ1) is 23.6. The van der Waals surface area contributed by atoms with E-state index >= 15 is 0 Å². The third kappa shape index (κ3) is 4.55. The van der Waals surface area contributed by atoms with Crippen molar-refractivity contribution in [3.63, 3.8) is 0 Å². The maximum atomic E-state index is 5.48. The van der Waals surface area contributed by atoms with Crippen LogP contribution in [-0.2, 0) is 25.7 Å². The molecule has 0 saturated heterocycles. The van der Waals surface area contributed by atoms with Crippen LogP contribution in [0, 0.1) is 0 Å². The Balaban J connectivity index is 1.29. The van der Waals surface area contributed by atoms with Crippen molar-refractivity contribution < 1.29 is 4.74 Å². The number of methoxy groups -OCH3 is 1. The molecule has 0 aliphatic carbocycles. The van der Waals surface area contributed by atoms with Gasteiger partial charge in [-0.2, -0.15) is 0 Å². The van der Waals surface area contributed by atoms with Gasteiger partial charge in [-0.1, -0.05) is 72.8 Å². The van der Waals surface area contributed by atoms with Gasteiger partial charge in [0.2, 0.25) is 0 Å². The average Bonchev–Trinajstić information content (AvgIpc) is 3.29. The summed E-state index contributed by atoms with van der Waals surface area (Å²) in [5, 5.41) is 7.39. The summed E-state index contributed by atoms with van der Waals surface area (Å²) in [7, 11) is 1.72. The van der Waals surface area contributed by atoms with Gasteiger partial charge in [0.05, 0.1) is 7.11 Å². The summed E-state index contributed by atoms with van der Waals surface area (Å²) < 4.78 is 5.48. The summed E-state index contributed by atoms with van der Waals surface area (Å²) in [5.41, 5.74) is 14.2. The summed E-state index contributed by atoms with van der Waals surface area (Å²) in [6, 6.07) is 39.9. The van der Waals surface area contributed by atoms with Crippen LogP contribution in [0.25, 0.3) is 0 Å². The van der Waals surface area contributed by atoms with Crippen LogP contribution in [0.4, 0.5) is 22.7 Å². The van der Waals surface area contributed by atoms with E-state index in [4.69, 9.17) is 4.74 Å². The van der Waals surface area contributed by atoms with Gasteiger partial charge in [0.25, 0.3) is 0 Å². The lowest BCUT2D eigenvalue weighted by Gasteiger charge is -2.22. The Labute approximate surface area is 230 Å². The summed E-state index contributed by atoms with van der Waals surface area (Å²) in [5.74, 6) is 1.01. The molecule has 2 aliphatic heterocycles. The normalized spacial score (nSPS) is 13.5. The van der Waals surface area contributed by atoms with Crippen LogP contribution < -0.4 is 15.4 Å². The molecule has 0 unspecified atom stereocenters. The predicted octanol–water partition coefficient (Wildman–Crippen LogP) is 8.56. The maximum absolute atomic E-state index is 5.48. The van der Waals surface area contributed by atoms with E-state index in [1.165, 1.54) is 61.7 Å². The Kier molecular flexibility index (Phi) is 6.05. The summed E-state index contributed by atoms with van der Waals surface area (Å²) in [4.78, 5) is 0. The van der Waals surface area contributed by atoms with E-state index in [0.29, 0.717) is 0 Å². The fraction of sp³-hybridized carbons (Fsp3) is 0.167. The zero-order chi connectivity index (χ0) is 26.2. The second-order valence-corrected chi connectivity index (χ2v) is 10.6. The van der Waals surface area contributed by atoms with Crippen LogP contribution in [0.2, 0.25) is 0 Å². The van der Waals surface area contributed by atoms with Gasteiger partial charge < -0.3 is 15.4 Å². The van der Waals surface area contributed by atoms with Crippen molar-refractivity contribution in [2.45, 2.75) is 31.6 Å². The molecule has 0 amide bonds. The number of anilines is 4. The van der Waals surface area contributed by atoms with Crippen LogP contribution in [0.1, 0.15) is 44.9 Å². The van der Waals surface area contributed by atoms with Gasteiger partial charge in [-0.25, -0.2) is 0 Å². The molecule has 192 valence electrons. The molecule has 0 radical (unpaired) electrons. The van der Waals surface area contributed by atoms with Crippen LogP contribution in [0.15, 0.2) is 109 Å². The van der Waals surface area contributed by atoms with Gasteiger partial charge in [-0.05, 0) is 101 Å². The van der Waals surface area contributed by atoms with Crippen molar-refractivity contribution in [2.75, 3.05) is 17.7 Å². The van der Waals surface area contributed by atoms with Crippen molar-refractivity contribution in [1.82, 2.24) is 0 Å². The molecule has 5 aromatic rings. The highest BCUT2D eigenvalue weighted by molar-refractivity contribution is 5.71. The fourth-order valence-electron chi connectivity index (χ4n) is 6.17. The largest absolute Gasteiger partial charge is 0.497 e. The molecule has 0 bridgehead atoms. The third-order valence-electron chi connectivity index (χ3n) is 8.28. The van der Waals surface area contributed by atoms with Gasteiger partial charge in [0, 0.05) is 28.7 Å². The van der Waals surface area contributed by atoms with E-state index < -0.39 is 0 Å². The third-order valence-corrected chi connectivity index (χ3v) is 8.28. The zero-order valence-corrected chi connectivity index (χ0v) is 22.2. The lowest BCUT2D eigenvalue weighted by molar-refractivity contribution is 0.414. The van der Waals surface area contributed by atoms with E-state index in [2.05, 4.69) is 120 Å². The molecule has 2 heterocycles. The Morgan fingerprint density at radius 3 is 1.44 bits per heavy atom. The first-order chi connectivity index (χ1) is 19.2. The summed E-state index contributed by atoms with van der Waals surface area (Å²) in [6.45, 7) is 0. The Morgan fingerprint density at radius 2 is 0.923 bits per heavy atom. The van der Waals surface area contributed by atoms with Crippen molar-refractivity contribution in [3.8, 4) is 5.75 Å². The molecule has 0 spiro atoms. The summed E-state index contributed by atoms with van der Waals surface area (Å²) in [6.07, 6.45) is 4.12. The number of hydrogen-bond acceptors (Lipinski definition) is 3. The standard InChI is InChI=1S/C36H32N2O/c1-39-31-18-14-26(15-19-31)36(29-16-20-34-27(22-29)12-10-24-6-2-4-8-32(24)37-34)30-17-21-35-28(23-30)13-11-25-7-3-5-9-33(25)38-35/h2-9,14-23,36-38H,10-13H2,1H3. The number of fused-ring (bicyclic) bond motifs is 4. The second-order valence-electron chi connectivity index (χ2n) is 10.6. The Morgan fingerprint density at radius 1 is 0.487 bits per heavy atom. The van der Waals surface area contributed by atoms with E-state index in [0.717, 1.165) is 31.4 Å². The molecule has 5 aromatic carbocycles. The van der Waals surface area contributed by atoms with E-state index in [1.807, 2.05) is 0 Å². The SMILES string of the molecule is COc1ccc(C(c2ccc3c(c2)CCc2ccccc2N3)c2ccc3c(c2)CCc2ccccc2N3)cc1. The average molecular weight is 509 g/mol. The lowest BCUT2D eigenvalue weighted by atomic mass is 9.83. The molecular weight excluding hydrogens is 476 g/mol. The Hall–Kier alpha value is -4.50. The molecule has 3 nitrogen and oxygen atoms in total. The number of hydrogen-bond donors (Lipinski definition) is 2. The molecule has 0 atom stereocenters. The maximum Gasteiger partial charge on any atom is 0.118 e. The minimum absolute atomic E-state index is 0.128. The zero-order valence-electron chi connectivity index (χ0n) is 22.2. The van der Waals surface area contributed by atoms with Crippen LogP contribution in [0.3, 0.4) is 0 Å². The van der Waals surface area contributed by atoms with Crippen molar-refractivity contribution >= 4 is 22.7 Å². The van der Waals surface area contributed by atoms with Crippen molar-refractivity contribution in [1.29, 1.82) is 0 Å². The Bertz CT molecular complexity index is 1550. The van der Waals surface area contributed by atoms with Gasteiger partial charge in [-0.3, -0.25) is 0 Å². The molecule has 0 aromatic heterocycles. The number of nitrogens with one attached hydrogen (secondary N) is 2. The molecule has 0 saturated carbocycles. The molecule has 39 heavy (non-hydrogen) atoms. The first-order valence-corrected chi connectivity index (χ1v) is 13.8. The first-order valence-electron chi connectivity index (χ1n) is 13.8. The number of ether oxygens (including phenoxy) is 1. The van der Waals surface area contributed by atoms with E-state index in [9.17, 15) is 0 Å². The van der Waals surface area contributed by atoms with E-state index in [-0.39, 0.29) is 5.92 Å². The highest BCUT2D eigenvalue weighted by Crippen LogP contribution is 2.39. The van der Waals surface area contributed by atoms with Gasteiger partial charge in [-0.15, -0.1) is 0 Å². The molecule has 7 rings (SSSR count). The fourth-order valence-corrected chi connectivity index (χ4v) is 6.17. The molecular formula is C36H32N2O. The van der Waals surface area contributed by atoms with Gasteiger partial charge in [0.15, 0.2) is 0 Å². The van der Waals surface area contributed by atoms with Gasteiger partial charge in [0.1, 0.15) is 5.75 Å². The van der Waals surface area contributed by atoms with Crippen LogP contribution >= 0.6 is 0 Å². The lowest BCUT2D eigenvalue weighted by Crippen LogP contribution is -2.06. The molecule has 0 fully saturated rings. The minimum Gasteiger partial charge on any atom is -0.497 e. The topological polar surface area (TPSA) is 33.3 Å². The molecule has 3 heteroatoms. The highest BCUT2D eigenvalue weighted by Gasteiger charge is 2.22. The van der Waals surface area contributed by atoms with Crippen molar-refractivity contribution in [2.24, 2.45) is 0 Å². The number of para-hydroxylation sites is 2. The minimum atomic E-state index is 0.128. The molecule has 2 aliphatic rings. The van der Waals surface area contributed by atoms with Crippen LogP contribution in [-0.4, -0.2) is 7.11 Å². The monoisotopic (exact) mass is 508 g/mol. The number of benzene rings is 5. The number of aryl methyl sites for hydroxylation is 4. The van der Waals surface area contributed by atoms with Gasteiger partial charge >= 0.3 is 0 Å². The van der Waals surface area contributed by atoms with Crippen molar-refractivity contribution in [3.05, 3.63) is 148 Å². The molecule has 2 N–H and O–H groups in total. The van der Waals surface area contributed by atoms with Crippen LogP contribution in [0.5, 0.6) is 5.75 Å². The second kappa shape index (κ2) is 9.99. The van der Waals surface area contributed by atoms with E-state index in [1.54, 1.807) is 7.11 Å².